The van der Waals surface area contributed by atoms with Gasteiger partial charge in [-0.05, 0) is 35.8 Å². The topological polar surface area (TPSA) is 55.1 Å². The molecule has 0 saturated heterocycles. The van der Waals surface area contributed by atoms with Gasteiger partial charge in [-0.15, -0.1) is 0 Å². The fraction of sp³-hybridized carbons (Fsp3) is 0.588. The monoisotopic (exact) mass is 274 g/mol. The highest BCUT2D eigenvalue weighted by molar-refractivity contribution is 5.83. The maximum absolute atomic E-state index is 12.3. The zero-order valence-corrected chi connectivity index (χ0v) is 12.8. The first-order valence-corrected chi connectivity index (χ1v) is 7.54. The number of hydrogen-bond donors (Lipinski definition) is 2. The average molecular weight is 274 g/mol. The van der Waals surface area contributed by atoms with E-state index in [4.69, 9.17) is 5.73 Å². The standard InChI is InChI=1S/C17H26N2O/c1-12(2)15-6-4-14(5-7-15)10-19-16(20)17(11-18)8-13(3)9-17/h4-7,12-13H,8-11,18H2,1-3H3,(H,19,20). The molecular weight excluding hydrogens is 248 g/mol. The van der Waals surface area contributed by atoms with E-state index in [-0.39, 0.29) is 11.3 Å². The van der Waals surface area contributed by atoms with E-state index >= 15 is 0 Å². The molecule has 0 radical (unpaired) electrons. The zero-order valence-electron chi connectivity index (χ0n) is 12.8. The molecule has 3 heteroatoms. The molecule has 1 fully saturated rings. The normalized spacial score (nSPS) is 25.4. The van der Waals surface area contributed by atoms with E-state index in [2.05, 4.69) is 50.4 Å². The minimum atomic E-state index is -0.308. The van der Waals surface area contributed by atoms with Crippen molar-refractivity contribution in [3.05, 3.63) is 35.4 Å². The van der Waals surface area contributed by atoms with Crippen LogP contribution < -0.4 is 11.1 Å². The summed E-state index contributed by atoms with van der Waals surface area (Å²) in [6, 6.07) is 8.45. The van der Waals surface area contributed by atoms with Gasteiger partial charge in [0.05, 0.1) is 5.41 Å². The lowest BCUT2D eigenvalue weighted by atomic mass is 9.62. The van der Waals surface area contributed by atoms with Gasteiger partial charge in [0.15, 0.2) is 0 Å². The first-order chi connectivity index (χ1) is 9.47. The average Bonchev–Trinajstić information content (AvgIpc) is 2.41. The fourth-order valence-corrected chi connectivity index (χ4v) is 3.11. The third kappa shape index (κ3) is 3.04. The predicted octanol–water partition coefficient (Wildman–Crippen LogP) is 2.80. The Labute approximate surface area is 121 Å². The van der Waals surface area contributed by atoms with E-state index in [1.165, 1.54) is 5.56 Å². The van der Waals surface area contributed by atoms with Gasteiger partial charge in [-0.1, -0.05) is 45.0 Å². The van der Waals surface area contributed by atoms with E-state index in [1.54, 1.807) is 0 Å². The second-order valence-corrected chi connectivity index (χ2v) is 6.58. The number of hydrogen-bond acceptors (Lipinski definition) is 2. The minimum Gasteiger partial charge on any atom is -0.352 e. The van der Waals surface area contributed by atoms with E-state index in [0.29, 0.717) is 24.9 Å². The van der Waals surface area contributed by atoms with Gasteiger partial charge in [-0.3, -0.25) is 4.79 Å². The Hall–Kier alpha value is -1.35. The Morgan fingerprint density at radius 2 is 1.95 bits per heavy atom. The van der Waals surface area contributed by atoms with Crippen LogP contribution in [0, 0.1) is 11.3 Å². The zero-order chi connectivity index (χ0) is 14.8. The second-order valence-electron chi connectivity index (χ2n) is 6.58. The molecule has 1 aromatic rings. The largest absolute Gasteiger partial charge is 0.352 e. The molecule has 3 N–H and O–H groups in total. The van der Waals surface area contributed by atoms with Crippen LogP contribution in [-0.2, 0) is 11.3 Å². The quantitative estimate of drug-likeness (QED) is 0.867. The number of carbonyl (C=O) groups excluding carboxylic acids is 1. The highest BCUT2D eigenvalue weighted by atomic mass is 16.2. The van der Waals surface area contributed by atoms with Gasteiger partial charge in [0, 0.05) is 13.1 Å². The fourth-order valence-electron chi connectivity index (χ4n) is 3.11. The number of benzene rings is 1. The van der Waals surface area contributed by atoms with Crippen molar-refractivity contribution in [2.45, 2.75) is 46.1 Å². The van der Waals surface area contributed by atoms with Crippen molar-refractivity contribution < 1.29 is 4.79 Å². The van der Waals surface area contributed by atoms with Gasteiger partial charge in [0.2, 0.25) is 5.91 Å². The maximum atomic E-state index is 12.3. The molecule has 0 heterocycles. The van der Waals surface area contributed by atoms with Crippen molar-refractivity contribution >= 4 is 5.91 Å². The number of nitrogens with two attached hydrogens (primary N) is 1. The predicted molar refractivity (Wildman–Crippen MR) is 82.3 cm³/mol. The smallest absolute Gasteiger partial charge is 0.227 e. The molecule has 1 aromatic carbocycles. The lowest BCUT2D eigenvalue weighted by molar-refractivity contribution is -0.138. The molecule has 0 unspecified atom stereocenters. The Morgan fingerprint density at radius 3 is 2.40 bits per heavy atom. The van der Waals surface area contributed by atoms with Crippen molar-refractivity contribution in [3.8, 4) is 0 Å². The summed E-state index contributed by atoms with van der Waals surface area (Å²) in [5.41, 5.74) is 7.95. The molecular formula is C17H26N2O. The van der Waals surface area contributed by atoms with Crippen LogP contribution in [0.5, 0.6) is 0 Å². The van der Waals surface area contributed by atoms with Crippen LogP contribution in [0.2, 0.25) is 0 Å². The van der Waals surface area contributed by atoms with E-state index in [0.717, 1.165) is 18.4 Å². The number of rotatable bonds is 5. The van der Waals surface area contributed by atoms with Crippen LogP contribution in [0.15, 0.2) is 24.3 Å². The van der Waals surface area contributed by atoms with Crippen LogP contribution in [0.1, 0.15) is 50.7 Å². The molecule has 0 aromatic heterocycles. The van der Waals surface area contributed by atoms with Crippen molar-refractivity contribution in [2.24, 2.45) is 17.1 Å². The molecule has 3 nitrogen and oxygen atoms in total. The lowest BCUT2D eigenvalue weighted by Gasteiger charge is -2.44. The van der Waals surface area contributed by atoms with E-state index in [1.807, 2.05) is 0 Å². The molecule has 1 amide bonds. The van der Waals surface area contributed by atoms with Gasteiger partial charge in [-0.25, -0.2) is 0 Å². The lowest BCUT2D eigenvalue weighted by Crippen LogP contribution is -2.53. The first-order valence-electron chi connectivity index (χ1n) is 7.54. The molecule has 0 spiro atoms. The van der Waals surface area contributed by atoms with Crippen LogP contribution in [0.3, 0.4) is 0 Å². The van der Waals surface area contributed by atoms with E-state index < -0.39 is 0 Å². The molecule has 110 valence electrons. The van der Waals surface area contributed by atoms with Crippen LogP contribution in [0.25, 0.3) is 0 Å². The molecule has 0 bridgehead atoms. The SMILES string of the molecule is CC1CC(CN)(C(=O)NCc2ccc(C(C)C)cc2)C1. The van der Waals surface area contributed by atoms with Crippen molar-refractivity contribution in [3.63, 3.8) is 0 Å². The highest BCUT2D eigenvalue weighted by Gasteiger charge is 2.46. The summed E-state index contributed by atoms with van der Waals surface area (Å²) in [5, 5.41) is 3.04. The molecule has 1 aliphatic rings. The first kappa shape index (κ1) is 15.0. The molecule has 0 aliphatic heterocycles. The number of carbonyl (C=O) groups is 1. The Kier molecular flexibility index (Phi) is 4.48. The van der Waals surface area contributed by atoms with Crippen molar-refractivity contribution in [1.29, 1.82) is 0 Å². The molecule has 1 aliphatic carbocycles. The summed E-state index contributed by atoms with van der Waals surface area (Å²) in [6.45, 7) is 7.58. The minimum absolute atomic E-state index is 0.117. The summed E-state index contributed by atoms with van der Waals surface area (Å²) in [4.78, 5) is 12.3. The summed E-state index contributed by atoms with van der Waals surface area (Å²) in [5.74, 6) is 1.27. The summed E-state index contributed by atoms with van der Waals surface area (Å²) in [6.07, 6.45) is 1.84. The van der Waals surface area contributed by atoms with Gasteiger partial charge >= 0.3 is 0 Å². The van der Waals surface area contributed by atoms with Crippen LogP contribution >= 0.6 is 0 Å². The van der Waals surface area contributed by atoms with E-state index in [9.17, 15) is 4.79 Å². The van der Waals surface area contributed by atoms with Gasteiger partial charge in [0.1, 0.15) is 0 Å². The Morgan fingerprint density at radius 1 is 1.35 bits per heavy atom. The molecule has 20 heavy (non-hydrogen) atoms. The third-order valence-corrected chi connectivity index (χ3v) is 4.45. The van der Waals surface area contributed by atoms with Crippen molar-refractivity contribution in [1.82, 2.24) is 5.32 Å². The number of nitrogens with one attached hydrogen (secondary N) is 1. The Bertz CT molecular complexity index is 458. The third-order valence-electron chi connectivity index (χ3n) is 4.45. The molecule has 0 atom stereocenters. The van der Waals surface area contributed by atoms with Crippen molar-refractivity contribution in [2.75, 3.05) is 6.54 Å². The van der Waals surface area contributed by atoms with Crippen LogP contribution in [-0.4, -0.2) is 12.5 Å². The van der Waals surface area contributed by atoms with Crippen LogP contribution in [0.4, 0.5) is 0 Å². The summed E-state index contributed by atoms with van der Waals surface area (Å²) in [7, 11) is 0. The molecule has 2 rings (SSSR count). The maximum Gasteiger partial charge on any atom is 0.227 e. The molecule has 1 saturated carbocycles. The second kappa shape index (κ2) is 5.96. The van der Waals surface area contributed by atoms with Gasteiger partial charge in [-0.2, -0.15) is 0 Å². The Balaban J connectivity index is 1.90. The highest BCUT2D eigenvalue weighted by Crippen LogP contribution is 2.44. The summed E-state index contributed by atoms with van der Waals surface area (Å²) < 4.78 is 0. The van der Waals surface area contributed by atoms with Gasteiger partial charge < -0.3 is 11.1 Å². The summed E-state index contributed by atoms with van der Waals surface area (Å²) >= 11 is 0. The number of amides is 1. The van der Waals surface area contributed by atoms with Gasteiger partial charge in [0.25, 0.3) is 0 Å².